The smallest absolute Gasteiger partial charge is 0.220 e. The number of benzene rings is 2. The van der Waals surface area contributed by atoms with Crippen LogP contribution in [0.1, 0.15) is 24.5 Å². The maximum absolute atomic E-state index is 13.5. The molecule has 122 valence electrons. The zero-order valence-electron chi connectivity index (χ0n) is 13.5. The van der Waals surface area contributed by atoms with Gasteiger partial charge in [-0.05, 0) is 43.5 Å². The summed E-state index contributed by atoms with van der Waals surface area (Å²) in [4.78, 5) is 11.9. The molecule has 0 fully saturated rings. The highest BCUT2D eigenvalue weighted by Gasteiger charge is 2.10. The van der Waals surface area contributed by atoms with Crippen molar-refractivity contribution in [3.63, 3.8) is 0 Å². The molecule has 0 aliphatic carbocycles. The van der Waals surface area contributed by atoms with Crippen LogP contribution >= 0.6 is 0 Å². The Morgan fingerprint density at radius 3 is 2.61 bits per heavy atom. The minimum absolute atomic E-state index is 0.103. The summed E-state index contributed by atoms with van der Waals surface area (Å²) in [7, 11) is 0. The lowest BCUT2D eigenvalue weighted by Crippen LogP contribution is -2.37. The van der Waals surface area contributed by atoms with Gasteiger partial charge in [-0.3, -0.25) is 4.79 Å². The van der Waals surface area contributed by atoms with Crippen LogP contribution in [-0.4, -0.2) is 18.6 Å². The average molecular weight is 315 g/mol. The molecule has 0 saturated carbocycles. The fraction of sp³-hybridized carbons (Fsp3) is 0.316. The van der Waals surface area contributed by atoms with Gasteiger partial charge in [-0.1, -0.05) is 36.4 Å². The summed E-state index contributed by atoms with van der Waals surface area (Å²) in [5.74, 6) is 0.449. The minimum Gasteiger partial charge on any atom is -0.491 e. The number of amides is 1. The monoisotopic (exact) mass is 315 g/mol. The van der Waals surface area contributed by atoms with E-state index in [4.69, 9.17) is 4.74 Å². The van der Waals surface area contributed by atoms with E-state index in [1.807, 2.05) is 38.1 Å². The van der Waals surface area contributed by atoms with Crippen molar-refractivity contribution in [2.24, 2.45) is 0 Å². The summed E-state index contributed by atoms with van der Waals surface area (Å²) in [6.45, 7) is 4.27. The fourth-order valence-corrected chi connectivity index (χ4v) is 2.27. The van der Waals surface area contributed by atoms with Crippen LogP contribution in [0.5, 0.6) is 5.75 Å². The number of hydrogen-bond donors (Lipinski definition) is 1. The van der Waals surface area contributed by atoms with Crippen molar-refractivity contribution in [2.75, 3.05) is 6.61 Å². The number of carbonyl (C=O) groups is 1. The van der Waals surface area contributed by atoms with E-state index < -0.39 is 0 Å². The van der Waals surface area contributed by atoms with Crippen molar-refractivity contribution in [2.45, 2.75) is 32.7 Å². The zero-order valence-corrected chi connectivity index (χ0v) is 13.5. The number of halogens is 1. The second-order valence-electron chi connectivity index (χ2n) is 5.64. The van der Waals surface area contributed by atoms with E-state index in [2.05, 4.69) is 5.32 Å². The summed E-state index contributed by atoms with van der Waals surface area (Å²) in [5, 5.41) is 2.87. The fourth-order valence-electron chi connectivity index (χ4n) is 2.27. The Bertz CT molecular complexity index is 657. The minimum atomic E-state index is -0.267. The molecule has 0 saturated heterocycles. The van der Waals surface area contributed by atoms with Gasteiger partial charge in [0.05, 0.1) is 6.04 Å². The Labute approximate surface area is 136 Å². The molecule has 1 atom stereocenters. The lowest BCUT2D eigenvalue weighted by atomic mass is 10.1. The van der Waals surface area contributed by atoms with Crippen LogP contribution in [0.25, 0.3) is 0 Å². The van der Waals surface area contributed by atoms with Crippen LogP contribution in [0.2, 0.25) is 0 Å². The predicted molar refractivity (Wildman–Crippen MR) is 89.0 cm³/mol. The number of para-hydroxylation sites is 1. The number of ether oxygens (including phenoxy) is 1. The van der Waals surface area contributed by atoms with Gasteiger partial charge in [0, 0.05) is 6.42 Å². The Balaban J connectivity index is 1.74. The van der Waals surface area contributed by atoms with E-state index in [1.54, 1.807) is 18.2 Å². The van der Waals surface area contributed by atoms with Crippen molar-refractivity contribution in [1.82, 2.24) is 5.32 Å². The highest BCUT2D eigenvalue weighted by molar-refractivity contribution is 5.76. The van der Waals surface area contributed by atoms with Crippen molar-refractivity contribution in [3.05, 3.63) is 65.5 Å². The van der Waals surface area contributed by atoms with E-state index in [9.17, 15) is 9.18 Å². The van der Waals surface area contributed by atoms with Gasteiger partial charge in [0.25, 0.3) is 0 Å². The summed E-state index contributed by atoms with van der Waals surface area (Å²) >= 11 is 0. The molecule has 0 aliphatic heterocycles. The zero-order chi connectivity index (χ0) is 16.7. The Kier molecular flexibility index (Phi) is 6.15. The lowest BCUT2D eigenvalue weighted by molar-refractivity contribution is -0.121. The molecule has 1 N–H and O–H groups in total. The third kappa shape index (κ3) is 5.40. The molecule has 3 nitrogen and oxygen atoms in total. The molecule has 0 aromatic heterocycles. The van der Waals surface area contributed by atoms with E-state index in [0.717, 1.165) is 11.3 Å². The Morgan fingerprint density at radius 1 is 1.17 bits per heavy atom. The van der Waals surface area contributed by atoms with Crippen molar-refractivity contribution >= 4 is 5.91 Å². The predicted octanol–water partition coefficient (Wildman–Crippen LogP) is 3.65. The maximum atomic E-state index is 13.5. The first-order chi connectivity index (χ1) is 11.1. The van der Waals surface area contributed by atoms with Crippen molar-refractivity contribution in [3.8, 4) is 5.75 Å². The van der Waals surface area contributed by atoms with E-state index in [1.165, 1.54) is 6.07 Å². The molecule has 23 heavy (non-hydrogen) atoms. The SMILES string of the molecule is Cc1ccccc1OC[C@@H](C)NC(=O)CCc1ccccc1F. The van der Waals surface area contributed by atoms with Gasteiger partial charge < -0.3 is 10.1 Å². The standard InChI is InChI=1S/C19H22FNO2/c1-14-7-3-6-10-18(14)23-13-15(2)21-19(22)12-11-16-8-4-5-9-17(16)20/h3-10,15H,11-13H2,1-2H3,(H,21,22)/t15-/m1/s1. The highest BCUT2D eigenvalue weighted by atomic mass is 19.1. The normalized spacial score (nSPS) is 11.8. The quantitative estimate of drug-likeness (QED) is 0.847. The third-order valence-electron chi connectivity index (χ3n) is 3.57. The molecule has 2 aromatic carbocycles. The van der Waals surface area contributed by atoms with Crippen LogP contribution < -0.4 is 10.1 Å². The van der Waals surface area contributed by atoms with Crippen molar-refractivity contribution < 1.29 is 13.9 Å². The van der Waals surface area contributed by atoms with E-state index >= 15 is 0 Å². The third-order valence-corrected chi connectivity index (χ3v) is 3.57. The average Bonchev–Trinajstić information content (AvgIpc) is 2.53. The molecule has 0 aliphatic rings. The second-order valence-corrected chi connectivity index (χ2v) is 5.64. The Hall–Kier alpha value is -2.36. The summed E-state index contributed by atoms with van der Waals surface area (Å²) in [6, 6.07) is 14.2. The van der Waals surface area contributed by atoms with Gasteiger partial charge in [-0.2, -0.15) is 0 Å². The molecule has 0 spiro atoms. The number of rotatable bonds is 7. The number of hydrogen-bond acceptors (Lipinski definition) is 2. The van der Waals surface area contributed by atoms with Crippen LogP contribution in [0.4, 0.5) is 4.39 Å². The van der Waals surface area contributed by atoms with Gasteiger partial charge >= 0.3 is 0 Å². The molecule has 0 bridgehead atoms. The first kappa shape index (κ1) is 17.0. The first-order valence-corrected chi connectivity index (χ1v) is 7.77. The summed E-state index contributed by atoms with van der Waals surface area (Å²) in [6.07, 6.45) is 0.652. The second kappa shape index (κ2) is 8.32. The summed E-state index contributed by atoms with van der Waals surface area (Å²) in [5.41, 5.74) is 1.62. The largest absolute Gasteiger partial charge is 0.491 e. The van der Waals surface area contributed by atoms with Gasteiger partial charge in [-0.25, -0.2) is 4.39 Å². The Morgan fingerprint density at radius 2 is 1.87 bits per heavy atom. The molecule has 2 aromatic rings. The van der Waals surface area contributed by atoms with Crippen LogP contribution in [0.15, 0.2) is 48.5 Å². The number of carbonyl (C=O) groups excluding carboxylic acids is 1. The molecule has 0 radical (unpaired) electrons. The first-order valence-electron chi connectivity index (χ1n) is 7.77. The van der Waals surface area contributed by atoms with Gasteiger partial charge in [0.2, 0.25) is 5.91 Å². The van der Waals surface area contributed by atoms with E-state index in [0.29, 0.717) is 18.6 Å². The number of nitrogens with one attached hydrogen (secondary N) is 1. The van der Waals surface area contributed by atoms with Crippen LogP contribution in [-0.2, 0) is 11.2 Å². The lowest BCUT2D eigenvalue weighted by Gasteiger charge is -2.16. The molecule has 2 rings (SSSR count). The van der Waals surface area contributed by atoms with Crippen LogP contribution in [0.3, 0.4) is 0 Å². The maximum Gasteiger partial charge on any atom is 0.220 e. The van der Waals surface area contributed by atoms with Crippen LogP contribution in [0, 0.1) is 12.7 Å². The van der Waals surface area contributed by atoms with E-state index in [-0.39, 0.29) is 24.2 Å². The topological polar surface area (TPSA) is 38.3 Å². The molecule has 4 heteroatoms. The van der Waals surface area contributed by atoms with Gasteiger partial charge in [0.1, 0.15) is 18.2 Å². The molecular weight excluding hydrogens is 293 g/mol. The number of aryl methyl sites for hydroxylation is 2. The highest BCUT2D eigenvalue weighted by Crippen LogP contribution is 2.16. The van der Waals surface area contributed by atoms with Gasteiger partial charge in [-0.15, -0.1) is 0 Å². The van der Waals surface area contributed by atoms with Gasteiger partial charge in [0.15, 0.2) is 0 Å². The molecular formula is C19H22FNO2. The van der Waals surface area contributed by atoms with Crippen molar-refractivity contribution in [1.29, 1.82) is 0 Å². The molecule has 1 amide bonds. The molecule has 0 unspecified atom stereocenters. The molecule has 0 heterocycles. The summed E-state index contributed by atoms with van der Waals surface area (Å²) < 4.78 is 19.2.